The molecule has 0 saturated carbocycles. The molecule has 0 aliphatic heterocycles. The third-order valence-corrected chi connectivity index (χ3v) is 8.32. The van der Waals surface area contributed by atoms with Gasteiger partial charge in [-0.2, -0.15) is 0 Å². The van der Waals surface area contributed by atoms with Gasteiger partial charge in [0.25, 0.3) is 0 Å². The minimum atomic E-state index is -4.27. The van der Waals surface area contributed by atoms with Crippen LogP contribution in [0.3, 0.4) is 0 Å². The lowest BCUT2D eigenvalue weighted by Crippen LogP contribution is -3.61. The van der Waals surface area contributed by atoms with Crippen molar-refractivity contribution >= 4 is 33.1 Å². The van der Waals surface area contributed by atoms with Crippen LogP contribution >= 0.6 is 22.9 Å². The van der Waals surface area contributed by atoms with E-state index in [2.05, 4.69) is 41.8 Å². The maximum atomic E-state index is 10.4. The molecule has 0 aliphatic rings. The smallest absolute Gasteiger partial charge is 0.369 e. The van der Waals surface area contributed by atoms with Gasteiger partial charge in [-0.1, -0.05) is 41.2 Å². The molecular formula is C18H16ClIO3S2. The molecule has 0 saturated heterocycles. The van der Waals surface area contributed by atoms with Gasteiger partial charge in [-0.3, -0.25) is 0 Å². The van der Waals surface area contributed by atoms with Gasteiger partial charge in [0.15, 0.2) is 3.57 Å². The Kier molecular flexibility index (Phi) is 7.89. The van der Waals surface area contributed by atoms with Crippen LogP contribution in [-0.2, 0) is 16.0 Å². The highest BCUT2D eigenvalue weighted by Crippen LogP contribution is 2.08. The zero-order valence-electron chi connectivity index (χ0n) is 13.4. The predicted molar refractivity (Wildman–Crippen MR) is 96.9 cm³/mol. The number of rotatable bonds is 4. The van der Waals surface area contributed by atoms with Crippen molar-refractivity contribution in [1.29, 1.82) is 0 Å². The summed E-state index contributed by atoms with van der Waals surface area (Å²) in [5.74, 6) is 0.613. The Morgan fingerprint density at radius 3 is 2.36 bits per heavy atom. The summed E-state index contributed by atoms with van der Waals surface area (Å²) in [6.45, 7) is 1.82. The average Bonchev–Trinajstić information content (AvgIpc) is 3.08. The number of halogens is 2. The van der Waals surface area contributed by atoms with E-state index in [-0.39, 0.29) is 26.1 Å². The van der Waals surface area contributed by atoms with Gasteiger partial charge >= 0.3 is 21.2 Å². The molecular weight excluding hydrogens is 491 g/mol. The summed E-state index contributed by atoms with van der Waals surface area (Å²) in [6.07, 6.45) is 0. The molecule has 0 amide bonds. The Hall–Kier alpha value is -0.930. The van der Waals surface area contributed by atoms with E-state index in [1.54, 1.807) is 12.1 Å². The zero-order chi connectivity index (χ0) is 18.3. The lowest BCUT2D eigenvalue weighted by atomic mass is 10.2. The number of thiophene rings is 1. The molecule has 0 bridgehead atoms. The van der Waals surface area contributed by atoms with Crippen molar-refractivity contribution in [3.63, 3.8) is 0 Å². The Morgan fingerprint density at radius 2 is 1.80 bits per heavy atom. The standard InChI is InChI=1S/C11H9ClIS.C7H8O3S/c12-8-9-3-1-4-10(7-9)13-11-5-2-6-14-11;1-6-2-4-7(5-3-6)11(8,9)10/h1-7H,8H2;2-5H,1H3,(H,8,9,10)/q+1;/p-1. The second-order valence-electron chi connectivity index (χ2n) is 5.04. The van der Waals surface area contributed by atoms with Gasteiger partial charge in [0.2, 0.25) is 2.88 Å². The number of hydrogen-bond acceptors (Lipinski definition) is 4. The monoisotopic (exact) mass is 506 g/mol. The Bertz CT molecular complexity index is 892. The SMILES string of the molecule is Cc1ccc(S(=O)(=O)[O-])cc1.ClCc1cccc([I+]c2cccs2)c1. The maximum Gasteiger partial charge on any atom is 0.369 e. The third kappa shape index (κ3) is 7.07. The zero-order valence-corrected chi connectivity index (χ0v) is 17.9. The molecule has 2 aromatic carbocycles. The summed E-state index contributed by atoms with van der Waals surface area (Å²) in [5, 5.41) is 2.14. The molecule has 0 radical (unpaired) electrons. The summed E-state index contributed by atoms with van der Waals surface area (Å²) in [5.41, 5.74) is 2.15. The van der Waals surface area contributed by atoms with Crippen LogP contribution in [0.2, 0.25) is 0 Å². The molecule has 0 spiro atoms. The fourth-order valence-corrected chi connectivity index (χ4v) is 6.29. The van der Waals surface area contributed by atoms with Crippen LogP contribution in [0.4, 0.5) is 0 Å². The minimum Gasteiger partial charge on any atom is -0.744 e. The highest BCUT2D eigenvalue weighted by atomic mass is 127. The van der Waals surface area contributed by atoms with Crippen LogP contribution in [0.1, 0.15) is 11.1 Å². The van der Waals surface area contributed by atoms with Crippen LogP contribution in [0.25, 0.3) is 0 Å². The van der Waals surface area contributed by atoms with Gasteiger partial charge in [-0.15, -0.1) is 11.6 Å². The van der Waals surface area contributed by atoms with E-state index in [1.807, 2.05) is 18.3 Å². The predicted octanol–water partition coefficient (Wildman–Crippen LogP) is 1.51. The van der Waals surface area contributed by atoms with E-state index >= 15 is 0 Å². The second-order valence-corrected chi connectivity index (χ2v) is 11.3. The van der Waals surface area contributed by atoms with E-state index in [1.165, 1.54) is 24.2 Å². The molecule has 0 fully saturated rings. The van der Waals surface area contributed by atoms with Gasteiger partial charge < -0.3 is 4.55 Å². The van der Waals surface area contributed by atoms with Crippen molar-refractivity contribution in [1.82, 2.24) is 0 Å². The van der Waals surface area contributed by atoms with E-state index < -0.39 is 10.1 Å². The van der Waals surface area contributed by atoms with Crippen molar-refractivity contribution in [3.05, 3.63) is 83.6 Å². The quantitative estimate of drug-likeness (QED) is 0.306. The molecule has 7 heteroatoms. The highest BCUT2D eigenvalue weighted by Gasteiger charge is 2.16. The van der Waals surface area contributed by atoms with Crippen LogP contribution in [0.5, 0.6) is 0 Å². The number of aryl methyl sites for hydroxylation is 1. The molecule has 132 valence electrons. The van der Waals surface area contributed by atoms with Gasteiger partial charge in [0.05, 0.1) is 4.90 Å². The van der Waals surface area contributed by atoms with Gasteiger partial charge in [-0.05, 0) is 48.2 Å². The fraction of sp³-hybridized carbons (Fsp3) is 0.111. The van der Waals surface area contributed by atoms with Crippen molar-refractivity contribution in [3.8, 4) is 0 Å². The first-order valence-electron chi connectivity index (χ1n) is 7.24. The van der Waals surface area contributed by atoms with Crippen molar-refractivity contribution < 1.29 is 34.2 Å². The lowest BCUT2D eigenvalue weighted by Gasteiger charge is -2.05. The molecule has 3 nitrogen and oxygen atoms in total. The molecule has 3 aromatic rings. The second kappa shape index (κ2) is 9.68. The first-order chi connectivity index (χ1) is 11.9. The summed E-state index contributed by atoms with van der Waals surface area (Å²) in [4.78, 5) is -0.178. The fourth-order valence-electron chi connectivity index (χ4n) is 1.80. The molecule has 0 N–H and O–H groups in total. The largest absolute Gasteiger partial charge is 0.744 e. The van der Waals surface area contributed by atoms with Crippen LogP contribution in [0, 0.1) is 13.4 Å². The van der Waals surface area contributed by atoms with Crippen LogP contribution < -0.4 is 21.2 Å². The molecule has 25 heavy (non-hydrogen) atoms. The normalized spacial score (nSPS) is 10.8. The molecule has 0 aliphatic carbocycles. The number of hydrogen-bond donors (Lipinski definition) is 0. The summed E-state index contributed by atoms with van der Waals surface area (Å²) in [7, 11) is -4.27. The Balaban J connectivity index is 0.000000186. The van der Waals surface area contributed by atoms with E-state index in [4.69, 9.17) is 11.6 Å². The van der Waals surface area contributed by atoms with Crippen LogP contribution in [0.15, 0.2) is 70.9 Å². The first-order valence-corrected chi connectivity index (χ1v) is 12.2. The van der Waals surface area contributed by atoms with Crippen molar-refractivity contribution in [2.24, 2.45) is 0 Å². The summed E-state index contributed by atoms with van der Waals surface area (Å²) >= 11 is 7.65. The van der Waals surface area contributed by atoms with Crippen molar-refractivity contribution in [2.75, 3.05) is 0 Å². The lowest BCUT2D eigenvalue weighted by molar-refractivity contribution is -0.591. The number of alkyl halides is 1. The van der Waals surface area contributed by atoms with Gasteiger partial charge in [0, 0.05) is 11.9 Å². The summed E-state index contributed by atoms with van der Waals surface area (Å²) < 4.78 is 34.1. The van der Waals surface area contributed by atoms with Gasteiger partial charge in [0.1, 0.15) is 10.1 Å². The minimum absolute atomic E-state index is 0.00329. The van der Waals surface area contributed by atoms with Crippen LogP contribution in [-0.4, -0.2) is 13.0 Å². The molecule has 0 atom stereocenters. The molecule has 3 rings (SSSR count). The number of benzene rings is 2. The third-order valence-electron chi connectivity index (χ3n) is 3.04. The average molecular weight is 507 g/mol. The molecule has 0 unspecified atom stereocenters. The molecule has 1 heterocycles. The van der Waals surface area contributed by atoms with E-state index in [0.717, 1.165) is 5.56 Å². The first kappa shape index (κ1) is 20.4. The summed E-state index contributed by atoms with van der Waals surface area (Å²) in [6, 6.07) is 18.7. The topological polar surface area (TPSA) is 57.2 Å². The van der Waals surface area contributed by atoms with E-state index in [0.29, 0.717) is 5.88 Å². The maximum absolute atomic E-state index is 10.4. The van der Waals surface area contributed by atoms with Gasteiger partial charge in [-0.25, -0.2) is 8.42 Å². The van der Waals surface area contributed by atoms with Crippen molar-refractivity contribution in [2.45, 2.75) is 17.7 Å². The Labute approximate surface area is 167 Å². The van der Waals surface area contributed by atoms with E-state index in [9.17, 15) is 13.0 Å². The molecule has 1 aromatic heterocycles. The Morgan fingerprint density at radius 1 is 1.08 bits per heavy atom. The highest BCUT2D eigenvalue weighted by molar-refractivity contribution is 7.85.